The van der Waals surface area contributed by atoms with Crippen LogP contribution in [0, 0.1) is 0 Å². The molecular weight excluding hydrogens is 218 g/mol. The molecule has 1 aromatic carbocycles. The van der Waals surface area contributed by atoms with Crippen LogP contribution in [0.2, 0.25) is 0 Å². The Bertz CT molecular complexity index is 460. The van der Waals surface area contributed by atoms with Crippen LogP contribution in [0.15, 0.2) is 18.2 Å². The van der Waals surface area contributed by atoms with E-state index in [9.17, 15) is 9.90 Å². The van der Waals surface area contributed by atoms with E-state index in [4.69, 9.17) is 4.74 Å². The van der Waals surface area contributed by atoms with E-state index in [0.29, 0.717) is 5.75 Å². The quantitative estimate of drug-likeness (QED) is 0.812. The fraction of sp³-hybridized carbons (Fsp3) is 0.462. The fourth-order valence-corrected chi connectivity index (χ4v) is 2.55. The fourth-order valence-electron chi connectivity index (χ4n) is 2.55. The SMILES string of the molecule is O=C1COc2ccc(C3(CO)CCC3)cc2N1. The molecule has 2 N–H and O–H groups in total. The second-order valence-electron chi connectivity index (χ2n) is 4.84. The lowest BCUT2D eigenvalue weighted by Gasteiger charge is -2.41. The molecule has 17 heavy (non-hydrogen) atoms. The summed E-state index contributed by atoms with van der Waals surface area (Å²) in [5.41, 5.74) is 1.71. The standard InChI is InChI=1S/C13H15NO3/c15-8-13(4-1-5-13)9-2-3-11-10(6-9)14-12(16)7-17-11/h2-3,6,15H,1,4-5,7-8H2,(H,14,16). The molecule has 4 nitrogen and oxygen atoms in total. The summed E-state index contributed by atoms with van der Waals surface area (Å²) in [6.45, 7) is 0.248. The predicted molar refractivity (Wildman–Crippen MR) is 63.2 cm³/mol. The number of carbonyl (C=O) groups is 1. The highest BCUT2D eigenvalue weighted by molar-refractivity contribution is 5.95. The lowest BCUT2D eigenvalue weighted by molar-refractivity contribution is -0.118. The van der Waals surface area contributed by atoms with E-state index >= 15 is 0 Å². The molecule has 90 valence electrons. The number of rotatable bonds is 2. The molecule has 0 aromatic heterocycles. The summed E-state index contributed by atoms with van der Waals surface area (Å²) in [6.07, 6.45) is 3.18. The maximum Gasteiger partial charge on any atom is 0.262 e. The number of aliphatic hydroxyl groups excluding tert-OH is 1. The van der Waals surface area contributed by atoms with E-state index in [0.717, 1.165) is 30.5 Å². The van der Waals surface area contributed by atoms with Crippen molar-refractivity contribution in [3.05, 3.63) is 23.8 Å². The van der Waals surface area contributed by atoms with Gasteiger partial charge in [-0.1, -0.05) is 12.5 Å². The molecule has 0 radical (unpaired) electrons. The molecule has 1 aromatic rings. The Morgan fingerprint density at radius 3 is 2.88 bits per heavy atom. The Morgan fingerprint density at radius 2 is 2.24 bits per heavy atom. The van der Waals surface area contributed by atoms with E-state index < -0.39 is 0 Å². The van der Waals surface area contributed by atoms with Gasteiger partial charge in [0.15, 0.2) is 6.61 Å². The van der Waals surface area contributed by atoms with Crippen LogP contribution >= 0.6 is 0 Å². The van der Waals surface area contributed by atoms with Crippen molar-refractivity contribution < 1.29 is 14.6 Å². The minimum absolute atomic E-state index is 0.0808. The largest absolute Gasteiger partial charge is 0.482 e. The zero-order valence-electron chi connectivity index (χ0n) is 9.53. The molecular formula is C13H15NO3. The molecule has 3 rings (SSSR count). The van der Waals surface area contributed by atoms with Crippen LogP contribution in [0.1, 0.15) is 24.8 Å². The second-order valence-corrected chi connectivity index (χ2v) is 4.84. The molecule has 1 aliphatic heterocycles. The first-order valence-corrected chi connectivity index (χ1v) is 5.92. The zero-order chi connectivity index (χ0) is 11.9. The van der Waals surface area contributed by atoms with Crippen molar-refractivity contribution in [1.82, 2.24) is 0 Å². The van der Waals surface area contributed by atoms with Crippen LogP contribution in [0.25, 0.3) is 0 Å². The van der Waals surface area contributed by atoms with E-state index in [2.05, 4.69) is 5.32 Å². The maximum atomic E-state index is 11.3. The number of hydrogen-bond acceptors (Lipinski definition) is 3. The summed E-state index contributed by atoms with van der Waals surface area (Å²) in [5, 5.41) is 12.3. The first-order chi connectivity index (χ1) is 8.23. The smallest absolute Gasteiger partial charge is 0.262 e. The van der Waals surface area contributed by atoms with Crippen molar-refractivity contribution in [2.24, 2.45) is 0 Å². The van der Waals surface area contributed by atoms with Crippen LogP contribution in [-0.4, -0.2) is 24.2 Å². The minimum Gasteiger partial charge on any atom is -0.482 e. The van der Waals surface area contributed by atoms with Gasteiger partial charge in [-0.3, -0.25) is 4.79 Å². The minimum atomic E-state index is -0.124. The number of benzene rings is 1. The van der Waals surface area contributed by atoms with Crippen LogP contribution in [0.4, 0.5) is 5.69 Å². The first kappa shape index (κ1) is 10.6. The number of ether oxygens (including phenoxy) is 1. The van der Waals surface area contributed by atoms with Crippen LogP contribution < -0.4 is 10.1 Å². The summed E-state index contributed by atoms with van der Waals surface area (Å²) in [5.74, 6) is 0.585. The molecule has 0 unspecified atom stereocenters. The van der Waals surface area contributed by atoms with Crippen LogP contribution in [0.3, 0.4) is 0 Å². The molecule has 2 aliphatic rings. The number of carbonyl (C=O) groups excluding carboxylic acids is 1. The van der Waals surface area contributed by atoms with Gasteiger partial charge in [0.2, 0.25) is 0 Å². The van der Waals surface area contributed by atoms with Gasteiger partial charge in [0.05, 0.1) is 12.3 Å². The van der Waals surface area contributed by atoms with Gasteiger partial charge < -0.3 is 15.2 Å². The molecule has 0 saturated heterocycles. The molecule has 1 heterocycles. The lowest BCUT2D eigenvalue weighted by Crippen LogP contribution is -2.38. The Kier molecular flexibility index (Phi) is 2.33. The number of amides is 1. The molecule has 1 fully saturated rings. The van der Waals surface area contributed by atoms with Gasteiger partial charge in [0.1, 0.15) is 5.75 Å². The second kappa shape index (κ2) is 3.74. The number of fused-ring (bicyclic) bond motifs is 1. The number of nitrogens with one attached hydrogen (secondary N) is 1. The van der Waals surface area contributed by atoms with E-state index in [-0.39, 0.29) is 24.5 Å². The molecule has 4 heteroatoms. The zero-order valence-corrected chi connectivity index (χ0v) is 9.53. The summed E-state index contributed by atoms with van der Waals surface area (Å²) >= 11 is 0. The Labute approximate surface area is 99.6 Å². The topological polar surface area (TPSA) is 58.6 Å². The van der Waals surface area contributed by atoms with Gasteiger partial charge in [-0.15, -0.1) is 0 Å². The Hall–Kier alpha value is -1.55. The van der Waals surface area contributed by atoms with Crippen molar-refractivity contribution in [3.8, 4) is 5.75 Å². The van der Waals surface area contributed by atoms with Crippen LogP contribution in [-0.2, 0) is 10.2 Å². The molecule has 0 atom stereocenters. The predicted octanol–water partition coefficient (Wildman–Crippen LogP) is 1.43. The normalized spacial score (nSPS) is 20.9. The van der Waals surface area contributed by atoms with Crippen LogP contribution in [0.5, 0.6) is 5.75 Å². The van der Waals surface area contributed by atoms with Gasteiger partial charge in [-0.25, -0.2) is 0 Å². The van der Waals surface area contributed by atoms with Gasteiger partial charge in [-0.05, 0) is 30.5 Å². The van der Waals surface area contributed by atoms with E-state index in [1.54, 1.807) is 0 Å². The highest BCUT2D eigenvalue weighted by atomic mass is 16.5. The third-order valence-electron chi connectivity index (χ3n) is 3.84. The average Bonchev–Trinajstić information content (AvgIpc) is 2.28. The summed E-state index contributed by atoms with van der Waals surface area (Å²) in [7, 11) is 0. The lowest BCUT2D eigenvalue weighted by atomic mass is 9.65. The molecule has 1 aliphatic carbocycles. The van der Waals surface area contributed by atoms with Gasteiger partial charge in [0.25, 0.3) is 5.91 Å². The number of aliphatic hydroxyl groups is 1. The average molecular weight is 233 g/mol. The van der Waals surface area contributed by atoms with Gasteiger partial charge in [-0.2, -0.15) is 0 Å². The van der Waals surface area contributed by atoms with Crippen molar-refractivity contribution in [2.75, 3.05) is 18.5 Å². The van der Waals surface area contributed by atoms with Crippen molar-refractivity contribution in [1.29, 1.82) is 0 Å². The first-order valence-electron chi connectivity index (χ1n) is 5.92. The number of anilines is 1. The summed E-state index contributed by atoms with van der Waals surface area (Å²) < 4.78 is 5.31. The summed E-state index contributed by atoms with van der Waals surface area (Å²) in [4.78, 5) is 11.3. The monoisotopic (exact) mass is 233 g/mol. The third-order valence-corrected chi connectivity index (χ3v) is 3.84. The summed E-state index contributed by atoms with van der Waals surface area (Å²) in [6, 6.07) is 5.80. The van der Waals surface area contributed by atoms with E-state index in [1.165, 1.54) is 0 Å². The van der Waals surface area contributed by atoms with Gasteiger partial charge >= 0.3 is 0 Å². The van der Waals surface area contributed by atoms with Crippen molar-refractivity contribution >= 4 is 11.6 Å². The Morgan fingerprint density at radius 1 is 1.41 bits per heavy atom. The highest BCUT2D eigenvalue weighted by Gasteiger charge is 2.38. The molecule has 1 saturated carbocycles. The highest BCUT2D eigenvalue weighted by Crippen LogP contribution is 2.45. The Balaban J connectivity index is 1.97. The molecule has 1 amide bonds. The van der Waals surface area contributed by atoms with Gasteiger partial charge in [0, 0.05) is 5.41 Å². The van der Waals surface area contributed by atoms with Crippen molar-refractivity contribution in [2.45, 2.75) is 24.7 Å². The number of hydrogen-bond donors (Lipinski definition) is 2. The van der Waals surface area contributed by atoms with Crippen molar-refractivity contribution in [3.63, 3.8) is 0 Å². The molecule has 0 bridgehead atoms. The van der Waals surface area contributed by atoms with E-state index in [1.807, 2.05) is 18.2 Å². The molecule has 0 spiro atoms. The maximum absolute atomic E-state index is 11.3. The third kappa shape index (κ3) is 1.60.